The SMILES string of the molecule is C[C@@H](Nc1ccc2c(c1)NC(=O)[C@@H](C)O2)C(=O)c1c(N)n(C)c(=O)n(C)c1=O. The van der Waals surface area contributed by atoms with E-state index in [9.17, 15) is 19.2 Å². The predicted octanol–water partition coefficient (Wildman–Crippen LogP) is 0.0689. The first-order valence-corrected chi connectivity index (χ1v) is 8.59. The Bertz CT molecular complexity index is 1100. The van der Waals surface area contributed by atoms with Crippen molar-refractivity contribution in [1.29, 1.82) is 0 Å². The van der Waals surface area contributed by atoms with Crippen LogP contribution in [-0.2, 0) is 18.9 Å². The standard InChI is InChI=1S/C18H21N5O5/c1-8(14(24)13-15(19)22(3)18(27)23(4)17(13)26)20-10-5-6-12-11(7-10)21-16(25)9(2)28-12/h5-9,20H,19H2,1-4H3,(H,21,25)/t8-,9-/m1/s1. The second-order valence-electron chi connectivity index (χ2n) is 6.66. The normalized spacial score (nSPS) is 16.6. The maximum atomic E-state index is 12.8. The van der Waals surface area contributed by atoms with Gasteiger partial charge in [0.1, 0.15) is 17.1 Å². The van der Waals surface area contributed by atoms with Crippen LogP contribution in [0.2, 0.25) is 0 Å². The predicted molar refractivity (Wildman–Crippen MR) is 104 cm³/mol. The minimum atomic E-state index is -0.815. The van der Waals surface area contributed by atoms with Crippen molar-refractivity contribution in [2.45, 2.75) is 26.0 Å². The number of nitrogens with one attached hydrogen (secondary N) is 2. The smallest absolute Gasteiger partial charge is 0.332 e. The summed E-state index contributed by atoms with van der Waals surface area (Å²) >= 11 is 0. The Labute approximate surface area is 159 Å². The highest BCUT2D eigenvalue weighted by atomic mass is 16.5. The zero-order valence-corrected chi connectivity index (χ0v) is 15.9. The summed E-state index contributed by atoms with van der Waals surface area (Å²) in [6.45, 7) is 3.21. The summed E-state index contributed by atoms with van der Waals surface area (Å²) in [6, 6.07) is 4.18. The number of hydrogen-bond donors (Lipinski definition) is 3. The molecule has 0 bridgehead atoms. The van der Waals surface area contributed by atoms with Crippen LogP contribution in [0.4, 0.5) is 17.2 Å². The third-order valence-electron chi connectivity index (χ3n) is 4.64. The molecule has 2 heterocycles. The number of ketones is 1. The fourth-order valence-electron chi connectivity index (χ4n) is 2.92. The van der Waals surface area contributed by atoms with E-state index >= 15 is 0 Å². The molecular formula is C18H21N5O5. The highest BCUT2D eigenvalue weighted by molar-refractivity contribution is 6.04. The molecular weight excluding hydrogens is 366 g/mol. The number of benzene rings is 1. The number of hydrogen-bond acceptors (Lipinski definition) is 7. The van der Waals surface area contributed by atoms with Gasteiger partial charge in [0, 0.05) is 19.8 Å². The molecule has 0 aliphatic carbocycles. The van der Waals surface area contributed by atoms with Crippen molar-refractivity contribution in [3.63, 3.8) is 0 Å². The van der Waals surface area contributed by atoms with Crippen molar-refractivity contribution in [2.75, 3.05) is 16.4 Å². The van der Waals surface area contributed by atoms with Gasteiger partial charge in [-0.25, -0.2) is 4.79 Å². The highest BCUT2D eigenvalue weighted by Gasteiger charge is 2.26. The second kappa shape index (κ2) is 6.87. The van der Waals surface area contributed by atoms with Gasteiger partial charge in [-0.3, -0.25) is 23.5 Å². The lowest BCUT2D eigenvalue weighted by atomic mass is 10.1. The van der Waals surface area contributed by atoms with E-state index in [-0.39, 0.29) is 17.3 Å². The molecule has 2 aromatic rings. The van der Waals surface area contributed by atoms with Gasteiger partial charge in [0.25, 0.3) is 11.5 Å². The van der Waals surface area contributed by atoms with Crippen LogP contribution in [-0.4, -0.2) is 33.0 Å². The van der Waals surface area contributed by atoms with E-state index in [0.717, 1.165) is 9.13 Å². The Balaban J connectivity index is 1.89. The van der Waals surface area contributed by atoms with Gasteiger partial charge in [0.05, 0.1) is 11.7 Å². The number of nitrogens with two attached hydrogens (primary N) is 1. The van der Waals surface area contributed by atoms with Gasteiger partial charge >= 0.3 is 5.69 Å². The average molecular weight is 387 g/mol. The number of nitrogens with zero attached hydrogens (tertiary/aromatic N) is 2. The third kappa shape index (κ3) is 3.13. The van der Waals surface area contributed by atoms with Gasteiger partial charge in [-0.15, -0.1) is 0 Å². The van der Waals surface area contributed by atoms with Crippen LogP contribution in [0.25, 0.3) is 0 Å². The van der Waals surface area contributed by atoms with Crippen molar-refractivity contribution in [3.8, 4) is 5.75 Å². The maximum absolute atomic E-state index is 12.8. The molecule has 28 heavy (non-hydrogen) atoms. The molecule has 0 fully saturated rings. The van der Waals surface area contributed by atoms with E-state index < -0.39 is 29.2 Å². The van der Waals surface area contributed by atoms with Gasteiger partial charge in [0.2, 0.25) is 0 Å². The zero-order valence-electron chi connectivity index (χ0n) is 15.9. The van der Waals surface area contributed by atoms with E-state index in [1.165, 1.54) is 14.1 Å². The quantitative estimate of drug-likeness (QED) is 0.631. The van der Waals surface area contributed by atoms with Gasteiger partial charge in [-0.1, -0.05) is 0 Å². The molecule has 1 aromatic heterocycles. The van der Waals surface area contributed by atoms with Crippen LogP contribution in [0.3, 0.4) is 0 Å². The average Bonchev–Trinajstić information content (AvgIpc) is 2.66. The summed E-state index contributed by atoms with van der Waals surface area (Å²) in [5.41, 5.74) is 5.24. The van der Waals surface area contributed by atoms with Crippen LogP contribution in [0.5, 0.6) is 5.75 Å². The molecule has 3 rings (SSSR count). The van der Waals surface area contributed by atoms with Crippen LogP contribution in [0.1, 0.15) is 24.2 Å². The fraction of sp³-hybridized carbons (Fsp3) is 0.333. The molecule has 10 heteroatoms. The summed E-state index contributed by atoms with van der Waals surface area (Å²) < 4.78 is 7.38. The molecule has 0 spiro atoms. The molecule has 0 saturated carbocycles. The monoisotopic (exact) mass is 387 g/mol. The largest absolute Gasteiger partial charge is 0.479 e. The van der Waals surface area contributed by atoms with E-state index in [4.69, 9.17) is 10.5 Å². The number of amides is 1. The molecule has 0 saturated heterocycles. The topological polar surface area (TPSA) is 137 Å². The Morgan fingerprint density at radius 2 is 1.93 bits per heavy atom. The summed E-state index contributed by atoms with van der Waals surface area (Å²) in [5, 5.41) is 5.70. The van der Waals surface area contributed by atoms with Crippen molar-refractivity contribution in [1.82, 2.24) is 9.13 Å². The molecule has 0 radical (unpaired) electrons. The van der Waals surface area contributed by atoms with E-state index in [0.29, 0.717) is 17.1 Å². The maximum Gasteiger partial charge on any atom is 0.332 e. The summed E-state index contributed by atoms with van der Waals surface area (Å²) in [7, 11) is 2.67. The van der Waals surface area contributed by atoms with E-state index in [2.05, 4.69) is 10.6 Å². The zero-order chi connectivity index (χ0) is 20.7. The lowest BCUT2D eigenvalue weighted by molar-refractivity contribution is -0.122. The van der Waals surface area contributed by atoms with Gasteiger partial charge < -0.3 is 21.1 Å². The van der Waals surface area contributed by atoms with E-state index in [1.807, 2.05) is 0 Å². The lowest BCUT2D eigenvalue weighted by Gasteiger charge is -2.24. The summed E-state index contributed by atoms with van der Waals surface area (Å²) in [6.07, 6.45) is -0.587. The van der Waals surface area contributed by atoms with Crippen molar-refractivity contribution < 1.29 is 14.3 Å². The third-order valence-corrected chi connectivity index (χ3v) is 4.64. The second-order valence-corrected chi connectivity index (χ2v) is 6.66. The Morgan fingerprint density at radius 1 is 1.25 bits per heavy atom. The summed E-state index contributed by atoms with van der Waals surface area (Å²) in [5.74, 6) is -0.491. The molecule has 1 aromatic carbocycles. The molecule has 2 atom stereocenters. The number of carbonyl (C=O) groups excluding carboxylic acids is 2. The number of fused-ring (bicyclic) bond motifs is 1. The van der Waals surface area contributed by atoms with Gasteiger partial charge in [-0.2, -0.15) is 0 Å². The first-order chi connectivity index (χ1) is 13.1. The van der Waals surface area contributed by atoms with Crippen molar-refractivity contribution >= 4 is 28.9 Å². The number of rotatable bonds is 4. The molecule has 4 N–H and O–H groups in total. The minimum absolute atomic E-state index is 0.188. The molecule has 1 amide bonds. The molecule has 1 aliphatic rings. The Kier molecular flexibility index (Phi) is 4.72. The first kappa shape index (κ1) is 19.2. The van der Waals surface area contributed by atoms with Gasteiger partial charge in [-0.05, 0) is 32.0 Å². The number of carbonyl (C=O) groups is 2. The number of aromatic nitrogens is 2. The molecule has 10 nitrogen and oxygen atoms in total. The highest BCUT2D eigenvalue weighted by Crippen LogP contribution is 2.32. The van der Waals surface area contributed by atoms with Crippen LogP contribution in [0, 0.1) is 0 Å². The van der Waals surface area contributed by atoms with E-state index in [1.54, 1.807) is 32.0 Å². The number of ether oxygens (including phenoxy) is 1. The van der Waals surface area contributed by atoms with Gasteiger partial charge in [0.15, 0.2) is 11.9 Å². The van der Waals surface area contributed by atoms with Crippen LogP contribution < -0.4 is 32.4 Å². The Hall–Kier alpha value is -3.56. The fourth-order valence-corrected chi connectivity index (χ4v) is 2.92. The summed E-state index contributed by atoms with van der Waals surface area (Å²) in [4.78, 5) is 48.9. The Morgan fingerprint density at radius 3 is 2.61 bits per heavy atom. The lowest BCUT2D eigenvalue weighted by Crippen LogP contribution is -2.43. The van der Waals surface area contributed by atoms with Crippen molar-refractivity contribution in [3.05, 3.63) is 44.6 Å². The number of Topliss-reactive ketones (excluding diaryl/α,β-unsaturated/α-hetero) is 1. The van der Waals surface area contributed by atoms with Crippen molar-refractivity contribution in [2.24, 2.45) is 14.1 Å². The van der Waals surface area contributed by atoms with Crippen LogP contribution >= 0.6 is 0 Å². The molecule has 0 unspecified atom stereocenters. The molecule has 148 valence electrons. The minimum Gasteiger partial charge on any atom is -0.479 e. The number of nitrogen functional groups attached to an aromatic ring is 1. The van der Waals surface area contributed by atoms with Crippen LogP contribution in [0.15, 0.2) is 27.8 Å². The number of anilines is 3. The molecule has 1 aliphatic heterocycles. The first-order valence-electron chi connectivity index (χ1n) is 8.59.